The van der Waals surface area contributed by atoms with Crippen molar-refractivity contribution in [1.82, 2.24) is 5.32 Å². The molecule has 0 saturated carbocycles. The molecule has 1 N–H and O–H groups in total. The van der Waals surface area contributed by atoms with Gasteiger partial charge in [0, 0.05) is 16.3 Å². The van der Waals surface area contributed by atoms with Crippen molar-refractivity contribution in [1.29, 1.82) is 0 Å². The van der Waals surface area contributed by atoms with Gasteiger partial charge in [-0.3, -0.25) is 4.79 Å². The Labute approximate surface area is 150 Å². The number of hydrogen-bond donors (Lipinski definition) is 1. The average Bonchev–Trinajstić information content (AvgIpc) is 2.56. The third-order valence-corrected chi connectivity index (χ3v) is 4.71. The number of ether oxygens (including phenoxy) is 1. The fraction of sp³-hybridized carbons (Fsp3) is 0.278. The molecule has 3 nitrogen and oxygen atoms in total. The summed E-state index contributed by atoms with van der Waals surface area (Å²) in [6, 6.07) is 12.0. The molecular formula is C18H19ClFNO2S. The molecule has 0 aliphatic carbocycles. The standard InChI is InChI=1S/C18H19ClFNO2S/c1-12(15-5-3-4-6-17(15)23-2)21-18(22)11-24-10-13-7-8-14(19)9-16(13)20/h3-9,12H,10-11H2,1-2H3,(H,21,22)/t12-/m1/s1. The highest BCUT2D eigenvalue weighted by Gasteiger charge is 2.13. The van der Waals surface area contributed by atoms with Crippen LogP contribution in [0.4, 0.5) is 4.39 Å². The monoisotopic (exact) mass is 367 g/mol. The molecular weight excluding hydrogens is 349 g/mol. The predicted molar refractivity (Wildman–Crippen MR) is 97.1 cm³/mol. The molecule has 0 unspecified atom stereocenters. The van der Waals surface area contributed by atoms with Crippen LogP contribution >= 0.6 is 23.4 Å². The van der Waals surface area contributed by atoms with Gasteiger partial charge in [-0.25, -0.2) is 4.39 Å². The second kappa shape index (κ2) is 8.94. The summed E-state index contributed by atoms with van der Waals surface area (Å²) in [5.74, 6) is 0.952. The Balaban J connectivity index is 1.84. The van der Waals surface area contributed by atoms with E-state index in [0.717, 1.165) is 11.3 Å². The molecule has 1 atom stereocenters. The minimum absolute atomic E-state index is 0.104. The number of methoxy groups -OCH3 is 1. The molecule has 0 saturated heterocycles. The number of para-hydroxylation sites is 1. The molecule has 0 aromatic heterocycles. The minimum Gasteiger partial charge on any atom is -0.496 e. The molecule has 0 fully saturated rings. The molecule has 0 aliphatic heterocycles. The van der Waals surface area contributed by atoms with Crippen LogP contribution in [0.2, 0.25) is 5.02 Å². The Morgan fingerprint density at radius 3 is 2.79 bits per heavy atom. The van der Waals surface area contributed by atoms with Gasteiger partial charge in [-0.15, -0.1) is 11.8 Å². The third-order valence-electron chi connectivity index (χ3n) is 3.49. The fourth-order valence-electron chi connectivity index (χ4n) is 2.28. The number of rotatable bonds is 7. The second-order valence-corrected chi connectivity index (χ2v) is 6.68. The molecule has 0 radical (unpaired) electrons. The van der Waals surface area contributed by atoms with E-state index < -0.39 is 0 Å². The van der Waals surface area contributed by atoms with Gasteiger partial charge in [0.1, 0.15) is 11.6 Å². The first-order valence-corrected chi connectivity index (χ1v) is 8.98. The van der Waals surface area contributed by atoms with Crippen LogP contribution in [-0.4, -0.2) is 18.8 Å². The highest BCUT2D eigenvalue weighted by Crippen LogP contribution is 2.24. The summed E-state index contributed by atoms with van der Waals surface area (Å²) in [4.78, 5) is 12.1. The van der Waals surface area contributed by atoms with Crippen molar-refractivity contribution >= 4 is 29.3 Å². The first kappa shape index (κ1) is 18.6. The first-order valence-electron chi connectivity index (χ1n) is 7.45. The molecule has 2 aromatic rings. The smallest absolute Gasteiger partial charge is 0.230 e. The highest BCUT2D eigenvalue weighted by molar-refractivity contribution is 7.99. The summed E-state index contributed by atoms with van der Waals surface area (Å²) in [6.45, 7) is 1.90. The summed E-state index contributed by atoms with van der Waals surface area (Å²) in [5.41, 5.74) is 1.46. The van der Waals surface area contributed by atoms with E-state index in [1.807, 2.05) is 31.2 Å². The maximum atomic E-state index is 13.7. The number of carbonyl (C=O) groups excluding carboxylic acids is 1. The second-order valence-electron chi connectivity index (χ2n) is 5.26. The lowest BCUT2D eigenvalue weighted by Crippen LogP contribution is -2.28. The Hall–Kier alpha value is -1.72. The number of nitrogens with one attached hydrogen (secondary N) is 1. The molecule has 24 heavy (non-hydrogen) atoms. The van der Waals surface area contributed by atoms with E-state index in [9.17, 15) is 9.18 Å². The van der Waals surface area contributed by atoms with E-state index in [1.54, 1.807) is 19.2 Å². The van der Waals surface area contributed by atoms with Gasteiger partial charge in [0.2, 0.25) is 5.91 Å². The lowest BCUT2D eigenvalue weighted by atomic mass is 10.1. The Bertz CT molecular complexity index is 711. The number of thioether (sulfide) groups is 1. The largest absolute Gasteiger partial charge is 0.496 e. The molecule has 1 amide bonds. The summed E-state index contributed by atoms with van der Waals surface area (Å²) in [5, 5.41) is 3.29. The van der Waals surface area contributed by atoms with E-state index >= 15 is 0 Å². The Kier molecular flexibility index (Phi) is 6.94. The van der Waals surface area contributed by atoms with E-state index in [4.69, 9.17) is 16.3 Å². The summed E-state index contributed by atoms with van der Waals surface area (Å²) >= 11 is 7.08. The predicted octanol–water partition coefficient (Wildman–Crippen LogP) is 4.60. The third kappa shape index (κ3) is 5.14. The van der Waals surface area contributed by atoms with Gasteiger partial charge in [-0.1, -0.05) is 35.9 Å². The Morgan fingerprint density at radius 1 is 1.33 bits per heavy atom. The topological polar surface area (TPSA) is 38.3 Å². The molecule has 0 heterocycles. The van der Waals surface area contributed by atoms with Gasteiger partial charge in [-0.05, 0) is 30.7 Å². The lowest BCUT2D eigenvalue weighted by Gasteiger charge is -2.17. The quantitative estimate of drug-likeness (QED) is 0.777. The average molecular weight is 368 g/mol. The van der Waals surface area contributed by atoms with E-state index in [-0.39, 0.29) is 23.5 Å². The van der Waals surface area contributed by atoms with Crippen molar-refractivity contribution in [3.63, 3.8) is 0 Å². The first-order chi connectivity index (χ1) is 11.5. The van der Waals surface area contributed by atoms with Gasteiger partial charge in [-0.2, -0.15) is 0 Å². The minimum atomic E-state index is -0.349. The number of carbonyl (C=O) groups is 1. The van der Waals surface area contributed by atoms with Crippen LogP contribution in [0.15, 0.2) is 42.5 Å². The van der Waals surface area contributed by atoms with Crippen molar-refractivity contribution < 1.29 is 13.9 Å². The molecule has 0 spiro atoms. The number of benzene rings is 2. The SMILES string of the molecule is COc1ccccc1[C@@H](C)NC(=O)CSCc1ccc(Cl)cc1F. The Morgan fingerprint density at radius 2 is 2.08 bits per heavy atom. The van der Waals surface area contributed by atoms with Gasteiger partial charge in [0.05, 0.1) is 18.9 Å². The lowest BCUT2D eigenvalue weighted by molar-refractivity contribution is -0.119. The van der Waals surface area contributed by atoms with Crippen molar-refractivity contribution in [2.45, 2.75) is 18.7 Å². The maximum Gasteiger partial charge on any atom is 0.230 e. The number of halogens is 2. The van der Waals surface area contributed by atoms with Crippen molar-refractivity contribution in [2.24, 2.45) is 0 Å². The normalized spacial score (nSPS) is 11.8. The fourth-order valence-corrected chi connectivity index (χ4v) is 3.26. The maximum absolute atomic E-state index is 13.7. The van der Waals surface area contributed by atoms with Gasteiger partial charge in [0.15, 0.2) is 0 Å². The summed E-state index contributed by atoms with van der Waals surface area (Å²) in [7, 11) is 1.60. The van der Waals surface area contributed by atoms with Crippen molar-refractivity contribution in [2.75, 3.05) is 12.9 Å². The molecule has 0 bridgehead atoms. The van der Waals surface area contributed by atoms with Gasteiger partial charge < -0.3 is 10.1 Å². The number of amides is 1. The zero-order chi connectivity index (χ0) is 17.5. The molecule has 0 aliphatic rings. The molecule has 128 valence electrons. The van der Waals surface area contributed by atoms with Crippen LogP contribution in [0.1, 0.15) is 24.1 Å². The van der Waals surface area contributed by atoms with Crippen LogP contribution < -0.4 is 10.1 Å². The summed E-state index contributed by atoms with van der Waals surface area (Å²) < 4.78 is 19.0. The van der Waals surface area contributed by atoms with Crippen LogP contribution in [0.3, 0.4) is 0 Å². The molecule has 2 aromatic carbocycles. The van der Waals surface area contributed by atoms with E-state index in [1.165, 1.54) is 17.8 Å². The van der Waals surface area contributed by atoms with E-state index in [0.29, 0.717) is 16.3 Å². The van der Waals surface area contributed by atoms with Crippen LogP contribution in [0, 0.1) is 5.82 Å². The molecule has 2 rings (SSSR count). The van der Waals surface area contributed by atoms with Crippen molar-refractivity contribution in [3.8, 4) is 5.75 Å². The van der Waals surface area contributed by atoms with Crippen LogP contribution in [0.5, 0.6) is 5.75 Å². The summed E-state index contributed by atoms with van der Waals surface area (Å²) in [6.07, 6.45) is 0. The zero-order valence-electron chi connectivity index (χ0n) is 13.5. The van der Waals surface area contributed by atoms with Crippen molar-refractivity contribution in [3.05, 3.63) is 64.4 Å². The van der Waals surface area contributed by atoms with Crippen LogP contribution in [-0.2, 0) is 10.5 Å². The van der Waals surface area contributed by atoms with Gasteiger partial charge >= 0.3 is 0 Å². The highest BCUT2D eigenvalue weighted by atomic mass is 35.5. The van der Waals surface area contributed by atoms with Crippen LogP contribution in [0.25, 0.3) is 0 Å². The number of hydrogen-bond acceptors (Lipinski definition) is 3. The van der Waals surface area contributed by atoms with Gasteiger partial charge in [0.25, 0.3) is 0 Å². The van der Waals surface area contributed by atoms with E-state index in [2.05, 4.69) is 5.32 Å². The zero-order valence-corrected chi connectivity index (χ0v) is 15.1. The molecule has 6 heteroatoms.